The lowest BCUT2D eigenvalue weighted by atomic mass is 9.96. The lowest BCUT2D eigenvalue weighted by Crippen LogP contribution is -2.29. The SMILES string of the molecule is NNC(Cc1ccc(Br)cc1)c1cccc2c1OCC2. The standard InChI is InChI=1S/C16H17BrN2O/c17-13-6-4-11(5-7-13)10-15(19-18)14-3-1-2-12-8-9-20-16(12)14/h1-7,15,19H,8-10,18H2. The molecule has 3 N–H and O–H groups in total. The highest BCUT2D eigenvalue weighted by molar-refractivity contribution is 9.10. The Morgan fingerprint density at radius 3 is 2.75 bits per heavy atom. The first-order valence-corrected chi connectivity index (χ1v) is 7.52. The first kappa shape index (κ1) is 13.6. The van der Waals surface area contributed by atoms with Crippen LogP contribution in [0.5, 0.6) is 5.75 Å². The quantitative estimate of drug-likeness (QED) is 0.668. The molecule has 0 bridgehead atoms. The van der Waals surface area contributed by atoms with Gasteiger partial charge >= 0.3 is 0 Å². The third-order valence-electron chi connectivity index (χ3n) is 3.67. The fourth-order valence-electron chi connectivity index (χ4n) is 2.63. The van der Waals surface area contributed by atoms with E-state index >= 15 is 0 Å². The molecule has 1 aliphatic rings. The predicted octanol–water partition coefficient (Wildman–Crippen LogP) is 3.13. The molecule has 2 aromatic rings. The van der Waals surface area contributed by atoms with Crippen LogP contribution in [0.1, 0.15) is 22.7 Å². The third-order valence-corrected chi connectivity index (χ3v) is 4.20. The molecule has 4 heteroatoms. The van der Waals surface area contributed by atoms with Crippen molar-refractivity contribution in [3.05, 3.63) is 63.6 Å². The van der Waals surface area contributed by atoms with Gasteiger partial charge in [-0.15, -0.1) is 0 Å². The van der Waals surface area contributed by atoms with Crippen LogP contribution in [0.25, 0.3) is 0 Å². The van der Waals surface area contributed by atoms with E-state index < -0.39 is 0 Å². The van der Waals surface area contributed by atoms with Gasteiger partial charge in [0.2, 0.25) is 0 Å². The number of benzene rings is 2. The van der Waals surface area contributed by atoms with Gasteiger partial charge in [-0.05, 0) is 29.7 Å². The molecule has 20 heavy (non-hydrogen) atoms. The molecule has 0 aromatic heterocycles. The smallest absolute Gasteiger partial charge is 0.127 e. The second-order valence-electron chi connectivity index (χ2n) is 4.98. The molecule has 3 nitrogen and oxygen atoms in total. The van der Waals surface area contributed by atoms with E-state index in [-0.39, 0.29) is 6.04 Å². The number of nitrogens with one attached hydrogen (secondary N) is 1. The molecule has 104 valence electrons. The highest BCUT2D eigenvalue weighted by Gasteiger charge is 2.21. The van der Waals surface area contributed by atoms with Crippen molar-refractivity contribution in [1.82, 2.24) is 5.43 Å². The summed E-state index contributed by atoms with van der Waals surface area (Å²) < 4.78 is 6.85. The maximum absolute atomic E-state index is 5.77. The number of ether oxygens (including phenoxy) is 1. The first-order valence-electron chi connectivity index (χ1n) is 6.73. The summed E-state index contributed by atoms with van der Waals surface area (Å²) in [7, 11) is 0. The molecular weight excluding hydrogens is 316 g/mol. The van der Waals surface area contributed by atoms with Crippen LogP contribution in [0, 0.1) is 0 Å². The van der Waals surface area contributed by atoms with Gasteiger partial charge in [0, 0.05) is 16.5 Å². The van der Waals surface area contributed by atoms with E-state index in [1.807, 2.05) is 0 Å². The van der Waals surface area contributed by atoms with Crippen molar-refractivity contribution in [3.63, 3.8) is 0 Å². The second-order valence-corrected chi connectivity index (χ2v) is 5.90. The normalized spacial score (nSPS) is 14.7. The fourth-order valence-corrected chi connectivity index (χ4v) is 2.89. The van der Waals surface area contributed by atoms with Gasteiger partial charge in [-0.25, -0.2) is 0 Å². The van der Waals surface area contributed by atoms with Crippen molar-refractivity contribution in [1.29, 1.82) is 0 Å². The van der Waals surface area contributed by atoms with Gasteiger partial charge < -0.3 is 4.74 Å². The van der Waals surface area contributed by atoms with Crippen molar-refractivity contribution in [2.24, 2.45) is 5.84 Å². The molecule has 1 atom stereocenters. The molecule has 0 spiro atoms. The zero-order chi connectivity index (χ0) is 13.9. The van der Waals surface area contributed by atoms with E-state index in [1.54, 1.807) is 0 Å². The Morgan fingerprint density at radius 2 is 2.00 bits per heavy atom. The maximum atomic E-state index is 5.77. The Balaban J connectivity index is 1.87. The molecule has 2 aromatic carbocycles. The van der Waals surface area contributed by atoms with Gasteiger partial charge in [0.1, 0.15) is 5.75 Å². The summed E-state index contributed by atoms with van der Waals surface area (Å²) in [6.07, 6.45) is 1.82. The van der Waals surface area contributed by atoms with E-state index in [0.29, 0.717) is 0 Å². The van der Waals surface area contributed by atoms with Crippen LogP contribution in [0.2, 0.25) is 0 Å². The van der Waals surface area contributed by atoms with Gasteiger partial charge in [-0.1, -0.05) is 46.3 Å². The Hall–Kier alpha value is -1.36. The van der Waals surface area contributed by atoms with Crippen molar-refractivity contribution in [2.45, 2.75) is 18.9 Å². The number of hydrogen-bond donors (Lipinski definition) is 2. The van der Waals surface area contributed by atoms with Gasteiger partial charge in [0.25, 0.3) is 0 Å². The molecule has 0 saturated heterocycles. The zero-order valence-electron chi connectivity index (χ0n) is 11.1. The molecule has 0 fully saturated rings. The molecule has 0 saturated carbocycles. The molecule has 3 rings (SSSR count). The monoisotopic (exact) mass is 332 g/mol. The second kappa shape index (κ2) is 5.95. The number of halogens is 1. The van der Waals surface area contributed by atoms with Crippen LogP contribution in [0.15, 0.2) is 46.9 Å². The van der Waals surface area contributed by atoms with E-state index in [4.69, 9.17) is 10.6 Å². The Kier molecular flexibility index (Phi) is 4.05. The highest BCUT2D eigenvalue weighted by atomic mass is 79.9. The Labute approximate surface area is 127 Å². The fraction of sp³-hybridized carbons (Fsp3) is 0.250. The third kappa shape index (κ3) is 2.73. The minimum absolute atomic E-state index is 0.0595. The number of fused-ring (bicyclic) bond motifs is 1. The van der Waals surface area contributed by atoms with E-state index in [1.165, 1.54) is 11.1 Å². The summed E-state index contributed by atoms with van der Waals surface area (Å²) in [5, 5.41) is 0. The minimum Gasteiger partial charge on any atom is -0.493 e. The van der Waals surface area contributed by atoms with Crippen LogP contribution in [0.4, 0.5) is 0 Å². The Bertz CT molecular complexity index is 598. The number of rotatable bonds is 4. The van der Waals surface area contributed by atoms with Crippen LogP contribution in [0.3, 0.4) is 0 Å². The van der Waals surface area contributed by atoms with E-state index in [0.717, 1.165) is 35.2 Å². The average molecular weight is 333 g/mol. The first-order chi connectivity index (χ1) is 9.78. The van der Waals surface area contributed by atoms with Gasteiger partial charge in [-0.2, -0.15) is 0 Å². The summed E-state index contributed by atoms with van der Waals surface area (Å²) in [6, 6.07) is 14.7. The van der Waals surface area contributed by atoms with Crippen molar-refractivity contribution >= 4 is 15.9 Å². The van der Waals surface area contributed by atoms with Gasteiger partial charge in [0.15, 0.2) is 0 Å². The minimum atomic E-state index is 0.0595. The van der Waals surface area contributed by atoms with E-state index in [2.05, 4.69) is 63.8 Å². The predicted molar refractivity (Wildman–Crippen MR) is 83.6 cm³/mol. The largest absolute Gasteiger partial charge is 0.493 e. The number of para-hydroxylation sites is 1. The number of hydrogen-bond acceptors (Lipinski definition) is 3. The van der Waals surface area contributed by atoms with Crippen LogP contribution in [-0.2, 0) is 12.8 Å². The summed E-state index contributed by atoms with van der Waals surface area (Å²) in [5.41, 5.74) is 6.58. The molecule has 1 unspecified atom stereocenters. The maximum Gasteiger partial charge on any atom is 0.127 e. The summed E-state index contributed by atoms with van der Waals surface area (Å²) in [4.78, 5) is 0. The van der Waals surface area contributed by atoms with Gasteiger partial charge in [0.05, 0.1) is 12.6 Å². The number of nitrogens with two attached hydrogens (primary N) is 1. The topological polar surface area (TPSA) is 47.3 Å². The molecule has 1 aliphatic heterocycles. The van der Waals surface area contributed by atoms with Gasteiger partial charge in [-0.3, -0.25) is 11.3 Å². The van der Waals surface area contributed by atoms with Crippen LogP contribution in [-0.4, -0.2) is 6.61 Å². The summed E-state index contributed by atoms with van der Waals surface area (Å²) in [5.74, 6) is 6.77. The summed E-state index contributed by atoms with van der Waals surface area (Å²) >= 11 is 3.45. The lowest BCUT2D eigenvalue weighted by molar-refractivity contribution is 0.348. The summed E-state index contributed by atoms with van der Waals surface area (Å²) in [6.45, 7) is 0.766. The molecule has 1 heterocycles. The molecule has 0 amide bonds. The van der Waals surface area contributed by atoms with Crippen molar-refractivity contribution in [3.8, 4) is 5.75 Å². The molecule has 0 radical (unpaired) electrons. The van der Waals surface area contributed by atoms with Crippen molar-refractivity contribution < 1.29 is 4.74 Å². The van der Waals surface area contributed by atoms with E-state index in [9.17, 15) is 0 Å². The highest BCUT2D eigenvalue weighted by Crippen LogP contribution is 2.34. The van der Waals surface area contributed by atoms with Crippen LogP contribution >= 0.6 is 15.9 Å². The Morgan fingerprint density at radius 1 is 1.20 bits per heavy atom. The van der Waals surface area contributed by atoms with Crippen LogP contribution < -0.4 is 16.0 Å². The average Bonchev–Trinajstić information content (AvgIpc) is 2.95. The zero-order valence-corrected chi connectivity index (χ0v) is 12.7. The van der Waals surface area contributed by atoms with Crippen molar-refractivity contribution in [2.75, 3.05) is 6.61 Å². The molecular formula is C16H17BrN2O. The lowest BCUT2D eigenvalue weighted by Gasteiger charge is -2.19. The number of hydrazine groups is 1. The molecule has 0 aliphatic carbocycles.